The van der Waals surface area contributed by atoms with Crippen molar-refractivity contribution < 1.29 is 4.79 Å². The molecule has 2 rings (SSSR count). The maximum absolute atomic E-state index is 12.3. The molecule has 1 aromatic rings. The first-order chi connectivity index (χ1) is 7.63. The molecule has 1 aliphatic rings. The monoisotopic (exact) mass is 366 g/mol. The lowest BCUT2D eigenvalue weighted by atomic mass is 10.1. The van der Waals surface area contributed by atoms with E-state index in [2.05, 4.69) is 37.2 Å². The smallest absolute Gasteiger partial charge is 0.256 e. The van der Waals surface area contributed by atoms with E-state index in [1.54, 1.807) is 0 Å². The lowest BCUT2D eigenvalue weighted by molar-refractivity contribution is 0.0630. The number of rotatable bonds is 3. The fourth-order valence-electron chi connectivity index (χ4n) is 1.70. The number of hydrogen-bond donors (Lipinski definition) is 1. The second-order valence-corrected chi connectivity index (χ2v) is 7.39. The van der Waals surface area contributed by atoms with Crippen molar-refractivity contribution in [3.63, 3.8) is 0 Å². The molecule has 16 heavy (non-hydrogen) atoms. The molecule has 1 amide bonds. The Morgan fingerprint density at radius 2 is 2.31 bits per heavy atom. The molecule has 0 saturated carbocycles. The maximum Gasteiger partial charge on any atom is 0.256 e. The Balaban J connectivity index is 2.19. The minimum atomic E-state index is 0.114. The number of carbonyl (C=O) groups is 1. The highest BCUT2D eigenvalue weighted by Crippen LogP contribution is 2.33. The van der Waals surface area contributed by atoms with Crippen molar-refractivity contribution in [2.24, 2.45) is 0 Å². The molecule has 88 valence electrons. The Morgan fingerprint density at radius 3 is 2.69 bits per heavy atom. The molecule has 3 nitrogen and oxygen atoms in total. The maximum atomic E-state index is 12.3. The highest BCUT2D eigenvalue weighted by atomic mass is 79.9. The minimum absolute atomic E-state index is 0.114. The van der Waals surface area contributed by atoms with Gasteiger partial charge in [0.2, 0.25) is 0 Å². The van der Waals surface area contributed by atoms with E-state index in [-0.39, 0.29) is 5.91 Å². The summed E-state index contributed by atoms with van der Waals surface area (Å²) < 4.78 is 1.88. The molecule has 0 unspecified atom stereocenters. The molecule has 1 N–H and O–H groups in total. The minimum Gasteiger partial charge on any atom is -0.333 e. The molecule has 1 aromatic heterocycles. The van der Waals surface area contributed by atoms with E-state index in [9.17, 15) is 4.79 Å². The van der Waals surface area contributed by atoms with Gasteiger partial charge >= 0.3 is 0 Å². The van der Waals surface area contributed by atoms with Crippen LogP contribution in [-0.2, 0) is 0 Å². The van der Waals surface area contributed by atoms with Crippen molar-refractivity contribution in [2.75, 3.05) is 19.6 Å². The zero-order valence-corrected chi connectivity index (χ0v) is 12.8. The van der Waals surface area contributed by atoms with Gasteiger partial charge in [-0.25, -0.2) is 0 Å². The summed E-state index contributed by atoms with van der Waals surface area (Å²) in [5.74, 6) is 0.114. The molecule has 1 saturated heterocycles. The molecular weight excluding hydrogens is 356 g/mol. The van der Waals surface area contributed by atoms with E-state index in [0.717, 1.165) is 32.8 Å². The quantitative estimate of drug-likeness (QED) is 0.890. The van der Waals surface area contributed by atoms with Crippen LogP contribution in [0.2, 0.25) is 0 Å². The summed E-state index contributed by atoms with van der Waals surface area (Å²) in [5, 5.41) is 3.19. The first-order valence-corrected chi connectivity index (χ1v) is 7.50. The van der Waals surface area contributed by atoms with E-state index >= 15 is 0 Å². The predicted octanol–water partition coefficient (Wildman–Crippen LogP) is 2.71. The van der Waals surface area contributed by atoms with E-state index in [4.69, 9.17) is 0 Å². The molecule has 0 radical (unpaired) electrons. The lowest BCUT2D eigenvalue weighted by Crippen LogP contribution is -2.58. The van der Waals surface area contributed by atoms with Gasteiger partial charge in [-0.15, -0.1) is 11.3 Å². The Morgan fingerprint density at radius 1 is 1.62 bits per heavy atom. The normalized spacial score (nSPS) is 15.9. The van der Waals surface area contributed by atoms with Gasteiger partial charge in [-0.2, -0.15) is 0 Å². The molecule has 0 aliphatic carbocycles. The fraction of sp³-hybridized carbons (Fsp3) is 0.500. The molecule has 1 fully saturated rings. The Bertz CT molecular complexity index is 404. The largest absolute Gasteiger partial charge is 0.333 e. The molecule has 0 aromatic carbocycles. The van der Waals surface area contributed by atoms with Crippen LogP contribution in [0.1, 0.15) is 17.3 Å². The van der Waals surface area contributed by atoms with Crippen LogP contribution in [-0.4, -0.2) is 36.5 Å². The number of amides is 1. The number of carbonyl (C=O) groups excluding carboxylic acids is 1. The van der Waals surface area contributed by atoms with Crippen molar-refractivity contribution in [2.45, 2.75) is 13.0 Å². The first-order valence-electron chi connectivity index (χ1n) is 5.10. The van der Waals surface area contributed by atoms with Crippen LogP contribution < -0.4 is 5.32 Å². The number of thiophene rings is 1. The standard InChI is InChI=1S/C10H12Br2N2OS/c1-2-14(6-4-13-5-6)10(15)7-3-8(11)16-9(7)12/h3,6,13H,2,4-5H2,1H3. The van der Waals surface area contributed by atoms with Crippen LogP contribution in [0.3, 0.4) is 0 Å². The SMILES string of the molecule is CCN(C(=O)c1cc(Br)sc1Br)C1CNC1. The van der Waals surface area contributed by atoms with Gasteiger partial charge in [0.15, 0.2) is 0 Å². The second kappa shape index (κ2) is 5.16. The van der Waals surface area contributed by atoms with Gasteiger partial charge in [0.25, 0.3) is 5.91 Å². The zero-order chi connectivity index (χ0) is 11.7. The highest BCUT2D eigenvalue weighted by Gasteiger charge is 2.29. The lowest BCUT2D eigenvalue weighted by Gasteiger charge is -2.37. The van der Waals surface area contributed by atoms with Gasteiger partial charge in [-0.3, -0.25) is 4.79 Å². The van der Waals surface area contributed by atoms with Crippen molar-refractivity contribution in [1.29, 1.82) is 0 Å². The number of nitrogens with zero attached hydrogens (tertiary/aromatic N) is 1. The van der Waals surface area contributed by atoms with Crippen molar-refractivity contribution >= 4 is 49.1 Å². The summed E-state index contributed by atoms with van der Waals surface area (Å²) in [7, 11) is 0. The van der Waals surface area contributed by atoms with Gasteiger partial charge in [-0.1, -0.05) is 0 Å². The van der Waals surface area contributed by atoms with Crippen molar-refractivity contribution in [1.82, 2.24) is 10.2 Å². The number of hydrogen-bond acceptors (Lipinski definition) is 3. The van der Waals surface area contributed by atoms with Crippen LogP contribution in [0.15, 0.2) is 13.6 Å². The van der Waals surface area contributed by atoms with Crippen LogP contribution >= 0.6 is 43.2 Å². The van der Waals surface area contributed by atoms with E-state index in [0.29, 0.717) is 6.04 Å². The van der Waals surface area contributed by atoms with Crippen LogP contribution in [0.4, 0.5) is 0 Å². The molecular formula is C10H12Br2N2OS. The van der Waals surface area contributed by atoms with Gasteiger partial charge in [0.05, 0.1) is 19.2 Å². The van der Waals surface area contributed by atoms with Crippen LogP contribution in [0.5, 0.6) is 0 Å². The van der Waals surface area contributed by atoms with Crippen LogP contribution in [0.25, 0.3) is 0 Å². The van der Waals surface area contributed by atoms with Gasteiger partial charge < -0.3 is 10.2 Å². The summed E-state index contributed by atoms with van der Waals surface area (Å²) in [4.78, 5) is 14.2. The summed E-state index contributed by atoms with van der Waals surface area (Å²) in [5.41, 5.74) is 0.755. The molecule has 0 spiro atoms. The van der Waals surface area contributed by atoms with Crippen molar-refractivity contribution in [3.8, 4) is 0 Å². The molecule has 0 atom stereocenters. The Hall–Kier alpha value is 0.0900. The predicted molar refractivity (Wildman–Crippen MR) is 73.1 cm³/mol. The fourth-order valence-corrected chi connectivity index (χ4v) is 4.48. The third-order valence-electron chi connectivity index (χ3n) is 2.69. The molecule has 2 heterocycles. The van der Waals surface area contributed by atoms with E-state index < -0.39 is 0 Å². The topological polar surface area (TPSA) is 32.3 Å². The third-order valence-corrected chi connectivity index (χ3v) is 5.03. The number of halogens is 2. The summed E-state index contributed by atoms with van der Waals surface area (Å²) >= 11 is 8.36. The average Bonchev–Trinajstić information content (AvgIpc) is 2.50. The van der Waals surface area contributed by atoms with Gasteiger partial charge in [0.1, 0.15) is 0 Å². The molecule has 6 heteroatoms. The molecule has 0 bridgehead atoms. The Kier molecular flexibility index (Phi) is 4.05. The third kappa shape index (κ3) is 2.34. The highest BCUT2D eigenvalue weighted by molar-refractivity contribution is 9.12. The van der Waals surface area contributed by atoms with Crippen LogP contribution in [0, 0.1) is 0 Å². The number of likely N-dealkylation sites (N-methyl/N-ethyl adjacent to an activating group) is 1. The average molecular weight is 368 g/mol. The summed E-state index contributed by atoms with van der Waals surface area (Å²) in [6.07, 6.45) is 0. The summed E-state index contributed by atoms with van der Waals surface area (Å²) in [6, 6.07) is 2.23. The number of nitrogens with one attached hydrogen (secondary N) is 1. The van der Waals surface area contributed by atoms with Crippen molar-refractivity contribution in [3.05, 3.63) is 19.2 Å². The second-order valence-electron chi connectivity index (χ2n) is 3.64. The summed E-state index contributed by atoms with van der Waals surface area (Å²) in [6.45, 7) is 4.58. The first kappa shape index (κ1) is 12.5. The van der Waals surface area contributed by atoms with E-state index in [1.165, 1.54) is 11.3 Å². The Labute approximate surface area is 115 Å². The van der Waals surface area contributed by atoms with E-state index in [1.807, 2.05) is 17.9 Å². The zero-order valence-electron chi connectivity index (χ0n) is 8.80. The molecule has 1 aliphatic heterocycles. The van der Waals surface area contributed by atoms with Gasteiger partial charge in [0, 0.05) is 19.6 Å². The van der Waals surface area contributed by atoms with Gasteiger partial charge in [-0.05, 0) is 44.8 Å².